The van der Waals surface area contributed by atoms with Crippen LogP contribution in [0.1, 0.15) is 37.5 Å². The Labute approximate surface area is 460 Å². The number of hydrogen-bond donors (Lipinski definition) is 4. The average Bonchev–Trinajstić information content (AvgIpc) is 3.57. The summed E-state index contributed by atoms with van der Waals surface area (Å²) in [6, 6.07) is 43.2. The predicted molar refractivity (Wildman–Crippen MR) is 308 cm³/mol. The molecular formula is C63H34N2O13S2. The van der Waals surface area contributed by atoms with Gasteiger partial charge in [0.2, 0.25) is 0 Å². The van der Waals surface area contributed by atoms with Gasteiger partial charge in [-0.05, 0) is 138 Å². The van der Waals surface area contributed by atoms with E-state index in [-0.39, 0.29) is 73.1 Å². The van der Waals surface area contributed by atoms with Crippen LogP contribution in [0, 0.1) is 0 Å². The fourth-order valence-electron chi connectivity index (χ4n) is 9.88. The zero-order valence-corrected chi connectivity index (χ0v) is 42.7. The Morgan fingerprint density at radius 1 is 0.412 bits per heavy atom. The number of aromatic carboxylic acids is 1. The number of phenols is 3. The van der Waals surface area contributed by atoms with Crippen molar-refractivity contribution in [1.82, 2.24) is 0 Å². The van der Waals surface area contributed by atoms with E-state index in [1.165, 1.54) is 84.9 Å². The largest absolute Gasteiger partial charge is 0.508 e. The molecule has 0 fully saturated rings. The van der Waals surface area contributed by atoms with Gasteiger partial charge in [0, 0.05) is 97.1 Å². The highest BCUT2D eigenvalue weighted by Gasteiger charge is 2.28. The van der Waals surface area contributed by atoms with Crippen LogP contribution in [-0.4, -0.2) is 48.3 Å². The molecular weight excluding hydrogens is 1060 g/mol. The van der Waals surface area contributed by atoms with Crippen LogP contribution in [-0.2, 0) is 0 Å². The smallest absolute Gasteiger partial charge is 0.336 e. The summed E-state index contributed by atoms with van der Waals surface area (Å²) >= 11 is 9.43. The van der Waals surface area contributed by atoms with Gasteiger partial charge in [0.05, 0.1) is 33.7 Å². The van der Waals surface area contributed by atoms with Gasteiger partial charge in [-0.1, -0.05) is 36.4 Å². The second-order valence-corrected chi connectivity index (χ2v) is 18.6. The number of carbonyl (C=O) groups is 3. The highest BCUT2D eigenvalue weighted by Crippen LogP contribution is 2.46. The van der Waals surface area contributed by atoms with E-state index in [2.05, 4.69) is 32.5 Å². The molecule has 4 N–H and O–H groups in total. The summed E-state index contributed by atoms with van der Waals surface area (Å²) in [6.45, 7) is 0. The number of carboxylic acid groups (broad SMARTS) is 1. The molecule has 386 valence electrons. The minimum atomic E-state index is -1.14. The normalized spacial score (nSPS) is 11.1. The fourth-order valence-corrected chi connectivity index (χ4v) is 10.1. The Morgan fingerprint density at radius 3 is 1.19 bits per heavy atom. The first kappa shape index (κ1) is 51.3. The van der Waals surface area contributed by atoms with Crippen molar-refractivity contribution >= 4 is 96.6 Å². The van der Waals surface area contributed by atoms with Crippen molar-refractivity contribution in [2.45, 2.75) is 6.42 Å². The second kappa shape index (κ2) is 21.0. The molecule has 80 heavy (non-hydrogen) atoms. The molecule has 0 saturated heterocycles. The van der Waals surface area contributed by atoms with E-state index in [9.17, 15) is 49.2 Å². The lowest BCUT2D eigenvalue weighted by molar-refractivity contribution is 0.0696. The van der Waals surface area contributed by atoms with Gasteiger partial charge >= 0.3 is 5.97 Å². The van der Waals surface area contributed by atoms with Crippen LogP contribution in [0.2, 0.25) is 0 Å². The van der Waals surface area contributed by atoms with Crippen molar-refractivity contribution in [3.8, 4) is 84.6 Å². The van der Waals surface area contributed by atoms with Gasteiger partial charge in [0.15, 0.2) is 27.9 Å². The summed E-state index contributed by atoms with van der Waals surface area (Å²) in [5.74, 6) is -1.43. The number of thiocarbonyl (C=S) groups is 2. The van der Waals surface area contributed by atoms with Gasteiger partial charge in [-0.3, -0.25) is 24.0 Å². The minimum absolute atomic E-state index is 0.0102. The SMILES string of the molecule is O=C(CC(=O)c1cc(N=C=S)ccc1-c1c2ccc(=O)cc-2oc2cc(O)ccc12)c1ccccc1-c1c2ccc(=O)cc-2oc2cc(O)ccc12.O=C(O)c1cc(N=C=S)ccc1-c1c2ccc(=O)cc-2oc2cc(O)ccc12. The third-order valence-corrected chi connectivity index (χ3v) is 13.5. The lowest BCUT2D eigenvalue weighted by Gasteiger charge is -2.18. The van der Waals surface area contributed by atoms with E-state index >= 15 is 0 Å². The molecule has 0 spiro atoms. The first-order valence-electron chi connectivity index (χ1n) is 24.1. The Bertz CT molecular complexity index is 4790. The van der Waals surface area contributed by atoms with Gasteiger partial charge in [-0.2, -0.15) is 9.98 Å². The molecule has 0 unspecified atom stereocenters. The van der Waals surface area contributed by atoms with E-state index in [4.69, 9.17) is 25.5 Å². The average molecular weight is 1090 g/mol. The fraction of sp³-hybridized carbons (Fsp3) is 0.0159. The maximum absolute atomic E-state index is 14.4. The van der Waals surface area contributed by atoms with Crippen LogP contribution in [0.3, 0.4) is 0 Å². The first-order valence-corrected chi connectivity index (χ1v) is 24.9. The number of nitrogens with zero attached hydrogens (tertiary/aromatic N) is 2. The number of rotatable bonds is 10. The number of fused-ring (bicyclic) bond motifs is 6. The Balaban J connectivity index is 0.000000203. The van der Waals surface area contributed by atoms with Crippen LogP contribution in [0.15, 0.2) is 207 Å². The number of Topliss-reactive ketones (excluding diaryl/α,β-unsaturated/α-hetero) is 2. The molecule has 3 heterocycles. The number of carbonyl (C=O) groups excluding carboxylic acids is 2. The van der Waals surface area contributed by atoms with Crippen molar-refractivity contribution in [1.29, 1.82) is 0 Å². The third kappa shape index (κ3) is 9.70. The summed E-state index contributed by atoms with van der Waals surface area (Å²) in [5.41, 5.74) is 6.02. The third-order valence-electron chi connectivity index (χ3n) is 13.3. The standard InChI is InChI=1S/C42H23NO8S.C21H11NO5S/c44-23-6-11-30-37(16-23)50-38-17-24(45)7-12-31(38)41(30)28-4-2-1-3-27(28)35(48)20-36(49)34-15-22(43-21-52)5-10-29(34)42-32-13-8-25(46)18-39(32)51-40-19-26(47)9-14-33(40)42;23-12-2-5-15-18(8-12)27-19-9-13(24)3-6-16(19)20(15)14-4-1-11(22-10-28)7-17(14)21(25)26/h1-19,44,46H,20H2;1-9,23H,(H,25,26). The van der Waals surface area contributed by atoms with Gasteiger partial charge in [0.25, 0.3) is 0 Å². The van der Waals surface area contributed by atoms with Crippen molar-refractivity contribution < 1.29 is 48.1 Å². The molecule has 0 saturated carbocycles. The first-order chi connectivity index (χ1) is 38.7. The second-order valence-electron chi connectivity index (χ2n) is 18.2. The molecule has 0 aromatic heterocycles. The van der Waals surface area contributed by atoms with Crippen LogP contribution in [0.25, 0.3) is 100 Å². The van der Waals surface area contributed by atoms with Crippen molar-refractivity contribution in [3.63, 3.8) is 0 Å². The number of aliphatic imine (C=N–C) groups is 2. The molecule has 0 amide bonds. The molecule has 0 radical (unpaired) electrons. The van der Waals surface area contributed by atoms with Crippen LogP contribution in [0.5, 0.6) is 17.2 Å². The Hall–Kier alpha value is -10.8. The number of aromatic hydroxyl groups is 3. The van der Waals surface area contributed by atoms with Crippen molar-refractivity contribution in [3.05, 3.63) is 217 Å². The maximum atomic E-state index is 14.4. The number of benzene rings is 9. The lowest BCUT2D eigenvalue weighted by Crippen LogP contribution is -2.12. The zero-order chi connectivity index (χ0) is 55.9. The summed E-state index contributed by atoms with van der Waals surface area (Å²) in [4.78, 5) is 85.0. The molecule has 0 atom stereocenters. The highest BCUT2D eigenvalue weighted by atomic mass is 32.1. The minimum Gasteiger partial charge on any atom is -0.508 e. The summed E-state index contributed by atoms with van der Waals surface area (Å²) in [7, 11) is 0. The van der Waals surface area contributed by atoms with Gasteiger partial charge in [0.1, 0.15) is 51.3 Å². The Morgan fingerprint density at radius 2 is 0.775 bits per heavy atom. The van der Waals surface area contributed by atoms with E-state index in [0.717, 1.165) is 0 Å². The Kier molecular flexibility index (Phi) is 13.4. The van der Waals surface area contributed by atoms with Crippen LogP contribution in [0.4, 0.5) is 11.4 Å². The molecule has 15 nitrogen and oxygen atoms in total. The molecule has 6 aromatic carbocycles. The summed E-state index contributed by atoms with van der Waals surface area (Å²) in [6.07, 6.45) is -0.536. The maximum Gasteiger partial charge on any atom is 0.336 e. The molecule has 12 rings (SSSR count). The highest BCUT2D eigenvalue weighted by molar-refractivity contribution is 7.78. The van der Waals surface area contributed by atoms with E-state index in [1.54, 1.807) is 84.9 Å². The molecule has 6 aliphatic rings. The molecule has 6 aromatic rings. The monoisotopic (exact) mass is 1090 g/mol. The number of phenolic OH excluding ortho intramolecular Hbond substituents is 3. The lowest BCUT2D eigenvalue weighted by atomic mass is 9.86. The molecule has 17 heteroatoms. The van der Waals surface area contributed by atoms with Gasteiger partial charge < -0.3 is 33.7 Å². The topological polar surface area (TPSA) is 247 Å². The number of hydrogen-bond acceptors (Lipinski definition) is 16. The van der Waals surface area contributed by atoms with Crippen LogP contribution >= 0.6 is 24.4 Å². The zero-order valence-electron chi connectivity index (χ0n) is 41.0. The quantitative estimate of drug-likeness (QED) is 0.0327. The number of ketones is 2. The summed E-state index contributed by atoms with van der Waals surface area (Å²) < 4.78 is 17.8. The van der Waals surface area contributed by atoms with E-state index in [0.29, 0.717) is 88.8 Å². The number of carboxylic acids is 1. The molecule has 3 aliphatic carbocycles. The van der Waals surface area contributed by atoms with Crippen LogP contribution < -0.4 is 16.3 Å². The van der Waals surface area contributed by atoms with E-state index in [1.807, 2.05) is 0 Å². The predicted octanol–water partition coefficient (Wildman–Crippen LogP) is 13.7. The molecule has 0 bridgehead atoms. The number of isothiocyanates is 2. The molecule has 3 aliphatic heterocycles. The van der Waals surface area contributed by atoms with Gasteiger partial charge in [-0.15, -0.1) is 0 Å². The van der Waals surface area contributed by atoms with Crippen molar-refractivity contribution in [2.24, 2.45) is 9.98 Å². The van der Waals surface area contributed by atoms with Gasteiger partial charge in [-0.25, -0.2) is 4.79 Å². The van der Waals surface area contributed by atoms with E-state index < -0.39 is 24.0 Å². The van der Waals surface area contributed by atoms with Crippen molar-refractivity contribution in [2.75, 3.05) is 0 Å². The summed E-state index contributed by atoms with van der Waals surface area (Å²) in [5, 5.41) is 46.3.